The lowest BCUT2D eigenvalue weighted by Gasteiger charge is -2.08. The molecule has 0 saturated carbocycles. The molecule has 0 bridgehead atoms. The molecule has 0 aromatic heterocycles. The molecule has 2 aromatic carbocycles. The third kappa shape index (κ3) is 4.65. The van der Waals surface area contributed by atoms with E-state index < -0.39 is 10.0 Å². The van der Waals surface area contributed by atoms with Crippen molar-refractivity contribution in [2.75, 3.05) is 14.2 Å². The molecule has 7 nitrogen and oxygen atoms in total. The Balaban J connectivity index is 2.21. The van der Waals surface area contributed by atoms with Gasteiger partial charge < -0.3 is 14.6 Å². The molecule has 134 valence electrons. The van der Waals surface area contributed by atoms with Gasteiger partial charge in [-0.2, -0.15) is 13.5 Å². The summed E-state index contributed by atoms with van der Waals surface area (Å²) in [5, 5.41) is 13.5. The van der Waals surface area contributed by atoms with E-state index in [4.69, 9.17) is 9.47 Å². The van der Waals surface area contributed by atoms with E-state index in [0.29, 0.717) is 20.3 Å². The van der Waals surface area contributed by atoms with E-state index in [0.717, 1.165) is 0 Å². The van der Waals surface area contributed by atoms with Crippen LogP contribution in [0.1, 0.15) is 5.56 Å². The van der Waals surface area contributed by atoms with Crippen molar-refractivity contribution in [1.82, 2.24) is 4.83 Å². The van der Waals surface area contributed by atoms with Crippen molar-refractivity contribution in [2.24, 2.45) is 5.10 Å². The molecule has 2 aromatic rings. The summed E-state index contributed by atoms with van der Waals surface area (Å²) in [7, 11) is -0.941. The highest BCUT2D eigenvalue weighted by Crippen LogP contribution is 2.34. The number of halogens is 2. The molecule has 0 radical (unpaired) electrons. The molecule has 25 heavy (non-hydrogen) atoms. The normalized spacial score (nSPS) is 11.5. The smallest absolute Gasteiger partial charge is 0.276 e. The highest BCUT2D eigenvalue weighted by molar-refractivity contribution is 9.10. The van der Waals surface area contributed by atoms with Gasteiger partial charge in [0.15, 0.2) is 11.5 Å². The number of methoxy groups -OCH3 is 2. The number of aromatic hydroxyl groups is 1. The van der Waals surface area contributed by atoms with Crippen LogP contribution in [0, 0.1) is 0 Å². The molecular formula is C15H14Br2N2O5S. The van der Waals surface area contributed by atoms with Gasteiger partial charge in [-0.1, -0.05) is 0 Å². The fourth-order valence-corrected chi connectivity index (χ4v) is 3.83. The number of nitrogens with one attached hydrogen (secondary N) is 1. The Bertz CT molecular complexity index is 916. The number of ether oxygens (including phenoxy) is 2. The summed E-state index contributed by atoms with van der Waals surface area (Å²) in [6.07, 6.45) is 1.29. The lowest BCUT2D eigenvalue weighted by molar-refractivity contribution is 0.372. The van der Waals surface area contributed by atoms with Crippen molar-refractivity contribution >= 4 is 48.1 Å². The second-order valence-corrected chi connectivity index (χ2v) is 8.07. The summed E-state index contributed by atoms with van der Waals surface area (Å²) < 4.78 is 35.5. The molecule has 0 aliphatic rings. The maximum atomic E-state index is 12.3. The quantitative estimate of drug-likeness (QED) is 0.475. The number of nitrogens with zero attached hydrogens (tertiary/aromatic N) is 1. The Hall–Kier alpha value is -1.78. The number of rotatable bonds is 6. The third-order valence-electron chi connectivity index (χ3n) is 3.09. The van der Waals surface area contributed by atoms with Crippen LogP contribution in [0.3, 0.4) is 0 Å². The Morgan fingerprint density at radius 3 is 2.36 bits per heavy atom. The fourth-order valence-electron chi connectivity index (χ4n) is 1.86. The molecule has 0 spiro atoms. The van der Waals surface area contributed by atoms with Gasteiger partial charge in [0.2, 0.25) is 0 Å². The molecule has 0 aliphatic carbocycles. The monoisotopic (exact) mass is 492 g/mol. The van der Waals surface area contributed by atoms with Crippen molar-refractivity contribution in [3.8, 4) is 17.2 Å². The van der Waals surface area contributed by atoms with Gasteiger partial charge >= 0.3 is 0 Å². The molecule has 0 fully saturated rings. The summed E-state index contributed by atoms with van der Waals surface area (Å²) in [5.74, 6) is 0.699. The average Bonchev–Trinajstić information content (AvgIpc) is 2.57. The zero-order valence-corrected chi connectivity index (χ0v) is 17.1. The molecule has 0 saturated heterocycles. The summed E-state index contributed by atoms with van der Waals surface area (Å²) in [5.41, 5.74) is 0.528. The van der Waals surface area contributed by atoms with Gasteiger partial charge in [0.1, 0.15) is 5.75 Å². The average molecular weight is 494 g/mol. The number of phenolic OH excluding ortho intramolecular Hbond substituents is 1. The molecular weight excluding hydrogens is 480 g/mol. The summed E-state index contributed by atoms with van der Waals surface area (Å²) in [4.78, 5) is 2.15. The van der Waals surface area contributed by atoms with Gasteiger partial charge in [-0.05, 0) is 67.8 Å². The Morgan fingerprint density at radius 1 is 1.08 bits per heavy atom. The molecule has 0 atom stereocenters. The minimum atomic E-state index is -3.84. The first kappa shape index (κ1) is 19.5. The molecule has 10 heteroatoms. The van der Waals surface area contributed by atoms with Crippen molar-refractivity contribution in [3.05, 3.63) is 44.8 Å². The lowest BCUT2D eigenvalue weighted by atomic mass is 10.2. The number of phenols is 1. The zero-order chi connectivity index (χ0) is 18.6. The van der Waals surface area contributed by atoms with Crippen LogP contribution in [0.5, 0.6) is 17.2 Å². The van der Waals surface area contributed by atoms with Gasteiger partial charge in [-0.3, -0.25) is 0 Å². The minimum Gasteiger partial charge on any atom is -0.503 e. The van der Waals surface area contributed by atoms with Gasteiger partial charge in [-0.15, -0.1) is 0 Å². The van der Waals surface area contributed by atoms with Crippen molar-refractivity contribution < 1.29 is 23.0 Å². The minimum absolute atomic E-state index is 0.0294. The SMILES string of the molecule is COc1ccc(S(=O)(=O)N/N=C\c2cc(Br)c(O)c(OC)c2)cc1Br. The Labute approximate surface area is 162 Å². The standard InChI is InChI=1S/C15H14Br2N2O5S/c1-23-13-4-3-10(7-11(13)16)25(21,22)19-18-8-9-5-12(17)15(20)14(6-9)24-2/h3-8,19-20H,1-2H3/b18-8-. The zero-order valence-electron chi connectivity index (χ0n) is 13.2. The number of hydrazone groups is 1. The summed E-state index contributed by atoms with van der Waals surface area (Å²) in [6, 6.07) is 7.43. The van der Waals surface area contributed by atoms with E-state index in [9.17, 15) is 13.5 Å². The topological polar surface area (TPSA) is 97.2 Å². The molecule has 2 rings (SSSR count). The Kier molecular flexibility index (Phi) is 6.31. The van der Waals surface area contributed by atoms with Crippen molar-refractivity contribution in [3.63, 3.8) is 0 Å². The predicted octanol–water partition coefficient (Wildman–Crippen LogP) is 3.25. The maximum Gasteiger partial charge on any atom is 0.276 e. The van der Waals surface area contributed by atoms with Crippen LogP contribution in [0.15, 0.2) is 49.3 Å². The third-order valence-corrected chi connectivity index (χ3v) is 5.54. The van der Waals surface area contributed by atoms with Crippen molar-refractivity contribution in [1.29, 1.82) is 0 Å². The molecule has 2 N–H and O–H groups in total. The fraction of sp³-hybridized carbons (Fsp3) is 0.133. The van der Waals surface area contributed by atoms with Crippen LogP contribution in [0.2, 0.25) is 0 Å². The van der Waals surface area contributed by atoms with E-state index in [1.165, 1.54) is 44.7 Å². The van der Waals surface area contributed by atoms with Crippen LogP contribution in [0.25, 0.3) is 0 Å². The van der Waals surface area contributed by atoms with E-state index in [1.54, 1.807) is 6.07 Å². The first-order chi connectivity index (χ1) is 11.8. The summed E-state index contributed by atoms with van der Waals surface area (Å²) >= 11 is 6.42. The number of hydrogen-bond donors (Lipinski definition) is 2. The first-order valence-corrected chi connectivity index (χ1v) is 9.80. The largest absolute Gasteiger partial charge is 0.503 e. The van der Waals surface area contributed by atoms with E-state index in [1.807, 2.05) is 0 Å². The van der Waals surface area contributed by atoms with Crippen LogP contribution < -0.4 is 14.3 Å². The van der Waals surface area contributed by atoms with E-state index in [-0.39, 0.29) is 16.4 Å². The van der Waals surface area contributed by atoms with Gasteiger partial charge in [0.25, 0.3) is 10.0 Å². The van der Waals surface area contributed by atoms with E-state index >= 15 is 0 Å². The summed E-state index contributed by atoms with van der Waals surface area (Å²) in [6.45, 7) is 0. The molecule has 0 unspecified atom stereocenters. The number of benzene rings is 2. The van der Waals surface area contributed by atoms with Crippen LogP contribution in [0.4, 0.5) is 0 Å². The number of hydrogen-bond acceptors (Lipinski definition) is 6. The lowest BCUT2D eigenvalue weighted by Crippen LogP contribution is -2.18. The van der Waals surface area contributed by atoms with Crippen molar-refractivity contribution in [2.45, 2.75) is 4.90 Å². The second kappa shape index (κ2) is 8.07. The molecule has 0 heterocycles. The van der Waals surface area contributed by atoms with Gasteiger partial charge in [0, 0.05) is 0 Å². The second-order valence-electron chi connectivity index (χ2n) is 4.70. The van der Waals surface area contributed by atoms with Gasteiger partial charge in [-0.25, -0.2) is 4.83 Å². The molecule has 0 amide bonds. The van der Waals surface area contributed by atoms with E-state index in [2.05, 4.69) is 41.8 Å². The highest BCUT2D eigenvalue weighted by Gasteiger charge is 2.15. The predicted molar refractivity (Wildman–Crippen MR) is 101 cm³/mol. The Morgan fingerprint density at radius 2 is 1.76 bits per heavy atom. The van der Waals surface area contributed by atoms with Gasteiger partial charge in [0.05, 0.1) is 34.3 Å². The van der Waals surface area contributed by atoms with Crippen LogP contribution >= 0.6 is 31.9 Å². The van der Waals surface area contributed by atoms with Crippen LogP contribution in [-0.2, 0) is 10.0 Å². The van der Waals surface area contributed by atoms with Crippen LogP contribution in [-0.4, -0.2) is 34.0 Å². The maximum absolute atomic E-state index is 12.3. The molecule has 0 aliphatic heterocycles. The highest BCUT2D eigenvalue weighted by atomic mass is 79.9. The first-order valence-electron chi connectivity index (χ1n) is 6.73. The number of sulfonamides is 1.